The summed E-state index contributed by atoms with van der Waals surface area (Å²) >= 11 is 0. The van der Waals surface area contributed by atoms with Crippen LogP contribution in [0.1, 0.15) is 40.0 Å². The Balaban J connectivity index is 0. The number of hydrogen-bond acceptors (Lipinski definition) is 2. The van der Waals surface area contributed by atoms with E-state index in [0.29, 0.717) is 6.54 Å². The van der Waals surface area contributed by atoms with Crippen molar-refractivity contribution in [3.05, 3.63) is 0 Å². The zero-order chi connectivity index (χ0) is 9.03. The maximum absolute atomic E-state index is 10.6. The van der Waals surface area contributed by atoms with Crippen LogP contribution in [0.5, 0.6) is 0 Å². The van der Waals surface area contributed by atoms with Crippen molar-refractivity contribution in [2.24, 2.45) is 11.1 Å². The summed E-state index contributed by atoms with van der Waals surface area (Å²) in [6.45, 7) is 0.527. The van der Waals surface area contributed by atoms with Crippen LogP contribution in [0.15, 0.2) is 0 Å². The number of aliphatic carboxylic acids is 1. The predicted molar refractivity (Wildman–Crippen MR) is 47.9 cm³/mol. The van der Waals surface area contributed by atoms with E-state index in [-0.39, 0.29) is 64.6 Å². The van der Waals surface area contributed by atoms with E-state index in [2.05, 4.69) is 0 Å². The van der Waals surface area contributed by atoms with Crippen molar-refractivity contribution in [3.8, 4) is 0 Å². The second kappa shape index (κ2) is 6.53. The van der Waals surface area contributed by atoms with Gasteiger partial charge in [0.15, 0.2) is 0 Å². The molecule has 1 rings (SSSR count). The molecule has 0 aromatic heterocycles. The first kappa shape index (κ1) is 14.1. The number of nitrogens with two attached hydrogens (primary N) is 1. The Morgan fingerprint density at radius 3 is 2.31 bits per heavy atom. The monoisotopic (exact) mass is 211 g/mol. The van der Waals surface area contributed by atoms with E-state index in [0.717, 1.165) is 25.7 Å². The Hall–Kier alpha value is 1.07. The van der Waals surface area contributed by atoms with Gasteiger partial charge in [0.1, 0.15) is 0 Å². The fourth-order valence-electron chi connectivity index (χ4n) is 2.08. The molecule has 0 aromatic carbocycles. The Kier molecular flexibility index (Phi) is 7.07. The van der Waals surface area contributed by atoms with Crippen LogP contribution in [0, 0.1) is 5.41 Å². The summed E-state index contributed by atoms with van der Waals surface area (Å²) in [4.78, 5) is 10.6. The molecule has 0 saturated heterocycles. The molecule has 13 heavy (non-hydrogen) atoms. The van der Waals surface area contributed by atoms with Crippen molar-refractivity contribution in [2.45, 2.75) is 38.5 Å². The summed E-state index contributed by atoms with van der Waals surface area (Å²) in [6.07, 6.45) is 5.77. The third-order valence-corrected chi connectivity index (χ3v) is 2.87. The average Bonchev–Trinajstić information content (AvgIpc) is 2.05. The van der Waals surface area contributed by atoms with Gasteiger partial charge in [0.2, 0.25) is 0 Å². The van der Waals surface area contributed by atoms with Crippen molar-refractivity contribution in [1.29, 1.82) is 0 Å². The molecule has 72 valence electrons. The molecule has 1 saturated carbocycles. The number of rotatable bonds is 3. The Bertz CT molecular complexity index is 172. The molecule has 3 N–H and O–H groups in total. The molecule has 0 aromatic rings. The van der Waals surface area contributed by atoms with Gasteiger partial charge in [-0.2, -0.15) is 0 Å². The molecule has 0 unspecified atom stereocenters. The van der Waals surface area contributed by atoms with Gasteiger partial charge in [0.05, 0.1) is 6.42 Å². The maximum Gasteiger partial charge on any atom is 1.00 e. The van der Waals surface area contributed by atoms with Crippen LogP contribution in [-0.2, 0) is 4.79 Å². The first-order valence-corrected chi connectivity index (χ1v) is 4.60. The van der Waals surface area contributed by atoms with Crippen molar-refractivity contribution in [3.63, 3.8) is 0 Å². The van der Waals surface area contributed by atoms with Gasteiger partial charge in [0.25, 0.3) is 0 Å². The molecular formula is C9H18KNO2. The van der Waals surface area contributed by atoms with E-state index in [1.807, 2.05) is 0 Å². The van der Waals surface area contributed by atoms with E-state index >= 15 is 0 Å². The summed E-state index contributed by atoms with van der Waals surface area (Å²) in [6, 6.07) is 0. The molecule has 0 aliphatic heterocycles. The normalized spacial score (nSPS) is 20.4. The Labute approximate surface area is 123 Å². The molecule has 1 fully saturated rings. The first-order chi connectivity index (χ1) is 5.68. The van der Waals surface area contributed by atoms with E-state index in [9.17, 15) is 4.79 Å². The standard InChI is InChI=1S/C9H17NO2.K.H/c10-7-9(6-8(11)12)4-2-1-3-5-9;;/h1-7,10H2,(H,11,12);;/q;+1;-1. The maximum atomic E-state index is 10.6. The molecule has 0 spiro atoms. The topological polar surface area (TPSA) is 63.3 Å². The minimum Gasteiger partial charge on any atom is -1.00 e. The van der Waals surface area contributed by atoms with Crippen LogP contribution in [0.4, 0.5) is 0 Å². The molecule has 4 heteroatoms. The molecule has 0 atom stereocenters. The molecular weight excluding hydrogens is 193 g/mol. The molecule has 1 aliphatic rings. The summed E-state index contributed by atoms with van der Waals surface area (Å²) in [5, 5.41) is 8.71. The van der Waals surface area contributed by atoms with Crippen molar-refractivity contribution in [2.75, 3.05) is 6.54 Å². The zero-order valence-electron chi connectivity index (χ0n) is 9.38. The van der Waals surface area contributed by atoms with Gasteiger partial charge in [-0.15, -0.1) is 0 Å². The van der Waals surface area contributed by atoms with Crippen LogP contribution in [0.25, 0.3) is 0 Å². The zero-order valence-corrected chi connectivity index (χ0v) is 11.5. The first-order valence-electron chi connectivity index (χ1n) is 4.60. The number of carboxylic acids is 1. The number of carbonyl (C=O) groups is 1. The fourth-order valence-corrected chi connectivity index (χ4v) is 2.08. The second-order valence-corrected chi connectivity index (χ2v) is 3.84. The van der Waals surface area contributed by atoms with E-state index in [1.165, 1.54) is 6.42 Å². The second-order valence-electron chi connectivity index (χ2n) is 3.84. The minimum atomic E-state index is -0.706. The average molecular weight is 211 g/mol. The molecule has 0 amide bonds. The molecule has 0 bridgehead atoms. The van der Waals surface area contributed by atoms with Gasteiger partial charge in [-0.25, -0.2) is 0 Å². The third kappa shape index (κ3) is 4.40. The summed E-state index contributed by atoms with van der Waals surface area (Å²) in [5.74, 6) is -0.706. The fraction of sp³-hybridized carbons (Fsp3) is 0.889. The molecule has 1 aliphatic carbocycles. The third-order valence-electron chi connectivity index (χ3n) is 2.87. The number of hydrogen-bond donors (Lipinski definition) is 2. The largest absolute Gasteiger partial charge is 1.00 e. The van der Waals surface area contributed by atoms with E-state index < -0.39 is 5.97 Å². The van der Waals surface area contributed by atoms with Crippen LogP contribution in [0.3, 0.4) is 0 Å². The van der Waals surface area contributed by atoms with Crippen molar-refractivity contribution >= 4 is 5.97 Å². The predicted octanol–water partition coefficient (Wildman–Crippen LogP) is -1.51. The van der Waals surface area contributed by atoms with Gasteiger partial charge in [-0.1, -0.05) is 19.3 Å². The van der Waals surface area contributed by atoms with Crippen molar-refractivity contribution < 1.29 is 62.7 Å². The van der Waals surface area contributed by atoms with Crippen LogP contribution < -0.4 is 57.1 Å². The van der Waals surface area contributed by atoms with Gasteiger partial charge >= 0.3 is 57.4 Å². The van der Waals surface area contributed by atoms with Gasteiger partial charge in [-0.3, -0.25) is 4.79 Å². The smallest absolute Gasteiger partial charge is 1.00 e. The van der Waals surface area contributed by atoms with E-state index in [4.69, 9.17) is 10.8 Å². The number of carboxylic acid groups (broad SMARTS) is 1. The van der Waals surface area contributed by atoms with Gasteiger partial charge in [0, 0.05) is 0 Å². The van der Waals surface area contributed by atoms with Gasteiger partial charge < -0.3 is 12.3 Å². The van der Waals surface area contributed by atoms with E-state index in [1.54, 1.807) is 0 Å². The molecule has 3 nitrogen and oxygen atoms in total. The SMILES string of the molecule is NCC1(CC(=O)O)CCCCC1.[H-].[K+]. The molecule has 0 heterocycles. The van der Waals surface area contributed by atoms with Gasteiger partial charge in [-0.05, 0) is 24.8 Å². The summed E-state index contributed by atoms with van der Waals surface area (Å²) in [5.41, 5.74) is 5.54. The Morgan fingerprint density at radius 2 is 1.92 bits per heavy atom. The minimum absolute atomic E-state index is 0. The van der Waals surface area contributed by atoms with Crippen molar-refractivity contribution in [1.82, 2.24) is 0 Å². The summed E-state index contributed by atoms with van der Waals surface area (Å²) < 4.78 is 0. The molecule has 0 radical (unpaired) electrons. The quantitative estimate of drug-likeness (QED) is 0.558. The van der Waals surface area contributed by atoms with Crippen LogP contribution in [-0.4, -0.2) is 17.6 Å². The van der Waals surface area contributed by atoms with Crippen LogP contribution in [0.2, 0.25) is 0 Å². The van der Waals surface area contributed by atoms with Crippen LogP contribution >= 0.6 is 0 Å². The Morgan fingerprint density at radius 1 is 1.38 bits per heavy atom. The summed E-state index contributed by atoms with van der Waals surface area (Å²) in [7, 11) is 0.